The number of halogens is 1. The smallest absolute Gasteiger partial charge is 0.308 e. The van der Waals surface area contributed by atoms with E-state index < -0.39 is 0 Å². The summed E-state index contributed by atoms with van der Waals surface area (Å²) in [6.45, 7) is 7.67. The van der Waals surface area contributed by atoms with Crippen LogP contribution in [0.2, 0.25) is 0 Å². The number of piperidine rings is 1. The molecular weight excluding hydrogens is 445 g/mol. The molecule has 1 N–H and O–H groups in total. The summed E-state index contributed by atoms with van der Waals surface area (Å²) in [5.74, 6) is 1.66. The predicted molar refractivity (Wildman–Crippen MR) is 114 cm³/mol. The maximum Gasteiger partial charge on any atom is 0.308 e. The van der Waals surface area contributed by atoms with Crippen LogP contribution in [0.15, 0.2) is 29.3 Å². The summed E-state index contributed by atoms with van der Waals surface area (Å²) in [6, 6.07) is 8.02. The number of carbonyl (C=O) groups excluding carboxylic acids is 1. The van der Waals surface area contributed by atoms with Gasteiger partial charge >= 0.3 is 5.97 Å². The SMILES string of the molecule is CCNC(=NCCOc1ccc(C)cc1)N1CCC(C(=O)OC)CC1.I. The second-order valence-corrected chi connectivity index (χ2v) is 6.18. The van der Waals surface area contributed by atoms with Crippen LogP contribution in [-0.2, 0) is 9.53 Å². The van der Waals surface area contributed by atoms with E-state index in [1.165, 1.54) is 12.7 Å². The number of esters is 1. The molecular formula is C19H30IN3O3. The Labute approximate surface area is 173 Å². The monoisotopic (exact) mass is 475 g/mol. The van der Waals surface area contributed by atoms with Crippen LogP contribution < -0.4 is 10.1 Å². The Balaban J connectivity index is 0.00000338. The van der Waals surface area contributed by atoms with Gasteiger partial charge in [-0.1, -0.05) is 17.7 Å². The third-order valence-corrected chi connectivity index (χ3v) is 4.31. The predicted octanol–water partition coefficient (Wildman–Crippen LogP) is 2.84. The summed E-state index contributed by atoms with van der Waals surface area (Å²) in [7, 11) is 1.45. The minimum absolute atomic E-state index is 0. The first-order chi connectivity index (χ1) is 12.1. The number of methoxy groups -OCH3 is 1. The standard InChI is InChI=1S/C19H29N3O3.HI/c1-4-20-19(22-12-9-16(10-13-22)18(23)24-3)21-11-14-25-17-7-5-15(2)6-8-17;/h5-8,16H,4,9-14H2,1-3H3,(H,20,21);1H. The van der Waals surface area contributed by atoms with Gasteiger partial charge in [0.25, 0.3) is 0 Å². The highest BCUT2D eigenvalue weighted by Gasteiger charge is 2.26. The van der Waals surface area contributed by atoms with Crippen molar-refractivity contribution in [3.05, 3.63) is 29.8 Å². The van der Waals surface area contributed by atoms with Gasteiger partial charge < -0.3 is 19.7 Å². The van der Waals surface area contributed by atoms with Crippen molar-refractivity contribution in [1.82, 2.24) is 10.2 Å². The number of rotatable bonds is 6. The number of guanidine groups is 1. The molecule has 1 fully saturated rings. The fraction of sp³-hybridized carbons (Fsp3) is 0.579. The van der Waals surface area contributed by atoms with Gasteiger partial charge in [-0.05, 0) is 38.8 Å². The molecule has 0 aromatic heterocycles. The molecule has 0 atom stereocenters. The second-order valence-electron chi connectivity index (χ2n) is 6.18. The topological polar surface area (TPSA) is 63.2 Å². The van der Waals surface area contributed by atoms with Crippen molar-refractivity contribution in [3.63, 3.8) is 0 Å². The van der Waals surface area contributed by atoms with Crippen LogP contribution in [0.25, 0.3) is 0 Å². The molecule has 2 rings (SSSR count). The third kappa shape index (κ3) is 7.01. The van der Waals surface area contributed by atoms with Gasteiger partial charge in [0.15, 0.2) is 5.96 Å². The zero-order valence-electron chi connectivity index (χ0n) is 15.9. The number of aliphatic imine (C=N–C) groups is 1. The normalized spacial score (nSPS) is 15.2. The zero-order chi connectivity index (χ0) is 18.1. The molecule has 0 aliphatic carbocycles. The Morgan fingerprint density at radius 3 is 2.50 bits per heavy atom. The van der Waals surface area contributed by atoms with E-state index in [1.54, 1.807) is 0 Å². The Hall–Kier alpha value is -1.51. The van der Waals surface area contributed by atoms with Crippen LogP contribution in [0, 0.1) is 12.8 Å². The summed E-state index contributed by atoms with van der Waals surface area (Å²) in [6.07, 6.45) is 1.61. The van der Waals surface area contributed by atoms with Gasteiger partial charge in [-0.3, -0.25) is 4.79 Å². The van der Waals surface area contributed by atoms with E-state index in [4.69, 9.17) is 9.47 Å². The van der Waals surface area contributed by atoms with Crippen molar-refractivity contribution in [1.29, 1.82) is 0 Å². The van der Waals surface area contributed by atoms with Crippen LogP contribution >= 0.6 is 24.0 Å². The van der Waals surface area contributed by atoms with Crippen molar-refractivity contribution in [2.75, 3.05) is 39.9 Å². The van der Waals surface area contributed by atoms with E-state index >= 15 is 0 Å². The summed E-state index contributed by atoms with van der Waals surface area (Å²) < 4.78 is 10.6. The molecule has 0 bridgehead atoms. The first-order valence-electron chi connectivity index (χ1n) is 8.94. The fourth-order valence-electron chi connectivity index (χ4n) is 2.87. The number of carbonyl (C=O) groups is 1. The van der Waals surface area contributed by atoms with E-state index in [0.717, 1.165) is 44.2 Å². The summed E-state index contributed by atoms with van der Waals surface area (Å²) in [5.41, 5.74) is 1.22. The quantitative estimate of drug-likeness (QED) is 0.226. The largest absolute Gasteiger partial charge is 0.492 e. The van der Waals surface area contributed by atoms with Crippen LogP contribution in [-0.4, -0.2) is 56.7 Å². The molecule has 26 heavy (non-hydrogen) atoms. The maximum absolute atomic E-state index is 11.6. The molecule has 1 heterocycles. The number of likely N-dealkylation sites (tertiary alicyclic amines) is 1. The highest BCUT2D eigenvalue weighted by atomic mass is 127. The molecule has 1 aromatic rings. The van der Waals surface area contributed by atoms with E-state index in [0.29, 0.717) is 13.2 Å². The first kappa shape index (κ1) is 22.5. The number of hydrogen-bond donors (Lipinski definition) is 1. The van der Waals surface area contributed by atoms with Gasteiger partial charge in [0, 0.05) is 19.6 Å². The average molecular weight is 475 g/mol. The molecule has 0 saturated carbocycles. The van der Waals surface area contributed by atoms with Gasteiger partial charge in [-0.15, -0.1) is 24.0 Å². The molecule has 1 aliphatic rings. The lowest BCUT2D eigenvalue weighted by Gasteiger charge is -2.33. The third-order valence-electron chi connectivity index (χ3n) is 4.31. The molecule has 6 nitrogen and oxygen atoms in total. The highest BCUT2D eigenvalue weighted by Crippen LogP contribution is 2.18. The van der Waals surface area contributed by atoms with Crippen molar-refractivity contribution in [3.8, 4) is 5.75 Å². The summed E-state index contributed by atoms with van der Waals surface area (Å²) in [5, 5.41) is 3.32. The van der Waals surface area contributed by atoms with E-state index in [1.807, 2.05) is 24.3 Å². The van der Waals surface area contributed by atoms with Crippen LogP contribution in [0.5, 0.6) is 5.75 Å². The minimum atomic E-state index is -0.104. The van der Waals surface area contributed by atoms with Crippen molar-refractivity contribution >= 4 is 35.9 Å². The Morgan fingerprint density at radius 2 is 1.92 bits per heavy atom. The van der Waals surface area contributed by atoms with Crippen LogP contribution in [0.3, 0.4) is 0 Å². The van der Waals surface area contributed by atoms with Crippen LogP contribution in [0.1, 0.15) is 25.3 Å². The first-order valence-corrected chi connectivity index (χ1v) is 8.94. The molecule has 146 valence electrons. The van der Waals surface area contributed by atoms with Gasteiger partial charge in [-0.25, -0.2) is 4.99 Å². The summed E-state index contributed by atoms with van der Waals surface area (Å²) in [4.78, 5) is 18.5. The van der Waals surface area contributed by atoms with Crippen molar-refractivity contribution in [2.45, 2.75) is 26.7 Å². The average Bonchev–Trinajstić information content (AvgIpc) is 2.65. The summed E-state index contributed by atoms with van der Waals surface area (Å²) >= 11 is 0. The van der Waals surface area contributed by atoms with E-state index in [9.17, 15) is 4.79 Å². The molecule has 0 spiro atoms. The van der Waals surface area contributed by atoms with E-state index in [-0.39, 0.29) is 35.9 Å². The van der Waals surface area contributed by atoms with E-state index in [2.05, 4.69) is 29.1 Å². The Bertz CT molecular complexity index is 570. The fourth-order valence-corrected chi connectivity index (χ4v) is 2.87. The Kier molecular flexibility index (Phi) is 10.4. The molecule has 1 saturated heterocycles. The van der Waals surface area contributed by atoms with Crippen molar-refractivity contribution < 1.29 is 14.3 Å². The second kappa shape index (κ2) is 12.0. The molecule has 0 amide bonds. The van der Waals surface area contributed by atoms with Gasteiger partial charge in [0.1, 0.15) is 12.4 Å². The van der Waals surface area contributed by atoms with Crippen LogP contribution in [0.4, 0.5) is 0 Å². The number of nitrogens with one attached hydrogen (secondary N) is 1. The minimum Gasteiger partial charge on any atom is -0.492 e. The maximum atomic E-state index is 11.6. The van der Waals surface area contributed by atoms with Gasteiger partial charge in [0.05, 0.1) is 19.6 Å². The lowest BCUT2D eigenvalue weighted by Crippen LogP contribution is -2.46. The zero-order valence-corrected chi connectivity index (χ0v) is 18.2. The number of ether oxygens (including phenoxy) is 2. The molecule has 1 aliphatic heterocycles. The number of hydrogen-bond acceptors (Lipinski definition) is 4. The molecule has 7 heteroatoms. The molecule has 1 aromatic carbocycles. The van der Waals surface area contributed by atoms with Crippen molar-refractivity contribution in [2.24, 2.45) is 10.9 Å². The molecule has 0 radical (unpaired) electrons. The Morgan fingerprint density at radius 1 is 1.27 bits per heavy atom. The number of benzene rings is 1. The lowest BCUT2D eigenvalue weighted by atomic mass is 9.97. The number of aryl methyl sites for hydroxylation is 1. The van der Waals surface area contributed by atoms with Gasteiger partial charge in [-0.2, -0.15) is 0 Å². The van der Waals surface area contributed by atoms with Gasteiger partial charge in [0.2, 0.25) is 0 Å². The molecule has 0 unspecified atom stereocenters. The number of nitrogens with zero attached hydrogens (tertiary/aromatic N) is 2. The highest BCUT2D eigenvalue weighted by molar-refractivity contribution is 14.0. The lowest BCUT2D eigenvalue weighted by molar-refractivity contribution is -0.146.